The molecule has 32 heavy (non-hydrogen) atoms. The van der Waals surface area contributed by atoms with Crippen molar-refractivity contribution in [2.24, 2.45) is 0 Å². The molecule has 0 atom stereocenters. The number of hydrogen-bond donors (Lipinski definition) is 1. The minimum absolute atomic E-state index is 0.0685. The second-order valence-corrected chi connectivity index (χ2v) is 7.84. The first kappa shape index (κ1) is 23.1. The number of nitrogens with zero attached hydrogens (tertiary/aromatic N) is 1. The molecule has 3 rings (SSSR count). The molecule has 1 amide bonds. The molecule has 0 spiro atoms. The normalized spacial score (nSPS) is 11.1. The van der Waals surface area contributed by atoms with Crippen LogP contribution in [0.5, 0.6) is 5.75 Å². The summed E-state index contributed by atoms with van der Waals surface area (Å²) in [5, 5.41) is 12.7. The molecule has 6 heteroatoms. The van der Waals surface area contributed by atoms with E-state index in [4.69, 9.17) is 16.3 Å². The summed E-state index contributed by atoms with van der Waals surface area (Å²) in [4.78, 5) is 12.7. The Hall–Kier alpha value is -3.62. The minimum Gasteiger partial charge on any atom is -0.496 e. The largest absolute Gasteiger partial charge is 0.496 e. The second kappa shape index (κ2) is 10.1. The molecule has 0 aromatic heterocycles. The third kappa shape index (κ3) is 5.54. The van der Waals surface area contributed by atoms with E-state index in [9.17, 15) is 14.4 Å². The lowest BCUT2D eigenvalue weighted by Gasteiger charge is -2.13. The van der Waals surface area contributed by atoms with Gasteiger partial charge in [-0.3, -0.25) is 4.79 Å². The lowest BCUT2D eigenvalue weighted by atomic mass is 10.0. The van der Waals surface area contributed by atoms with Crippen molar-refractivity contribution in [1.29, 1.82) is 5.26 Å². The highest BCUT2D eigenvalue weighted by atomic mass is 35.5. The Morgan fingerprint density at radius 3 is 2.62 bits per heavy atom. The van der Waals surface area contributed by atoms with Gasteiger partial charge in [0.1, 0.15) is 23.2 Å². The molecule has 0 heterocycles. The predicted octanol–water partition coefficient (Wildman–Crippen LogP) is 6.24. The first-order valence-electron chi connectivity index (χ1n) is 9.92. The monoisotopic (exact) mass is 448 g/mol. The number of anilines is 1. The maximum absolute atomic E-state index is 13.5. The highest BCUT2D eigenvalue weighted by molar-refractivity contribution is 6.31. The Labute approximate surface area is 191 Å². The van der Waals surface area contributed by atoms with Crippen LogP contribution >= 0.6 is 11.6 Å². The summed E-state index contributed by atoms with van der Waals surface area (Å²) < 4.78 is 19.0. The fourth-order valence-electron chi connectivity index (χ4n) is 3.38. The summed E-state index contributed by atoms with van der Waals surface area (Å²) in [5.74, 6) is -0.357. The average Bonchev–Trinajstić information content (AvgIpc) is 2.75. The molecule has 0 aliphatic carbocycles. The number of halogens is 2. The van der Waals surface area contributed by atoms with Crippen LogP contribution in [-0.4, -0.2) is 13.0 Å². The van der Waals surface area contributed by atoms with Crippen LogP contribution in [0.25, 0.3) is 6.08 Å². The van der Waals surface area contributed by atoms with Crippen LogP contribution in [0.1, 0.15) is 27.8 Å². The number of carbonyl (C=O) groups excluding carboxylic acids is 1. The molecule has 0 aliphatic heterocycles. The van der Waals surface area contributed by atoms with Crippen molar-refractivity contribution in [3.05, 3.63) is 98.8 Å². The van der Waals surface area contributed by atoms with Crippen molar-refractivity contribution in [3.8, 4) is 11.8 Å². The Bertz CT molecular complexity index is 1250. The number of hydrogen-bond acceptors (Lipinski definition) is 3. The van der Waals surface area contributed by atoms with Gasteiger partial charge in [-0.25, -0.2) is 4.39 Å². The lowest BCUT2D eigenvalue weighted by molar-refractivity contribution is -0.112. The highest BCUT2D eigenvalue weighted by Gasteiger charge is 2.15. The number of rotatable bonds is 6. The van der Waals surface area contributed by atoms with Gasteiger partial charge in [0.05, 0.1) is 7.11 Å². The van der Waals surface area contributed by atoms with Crippen molar-refractivity contribution < 1.29 is 13.9 Å². The summed E-state index contributed by atoms with van der Waals surface area (Å²) >= 11 is 6.49. The zero-order chi connectivity index (χ0) is 23.3. The van der Waals surface area contributed by atoms with Crippen LogP contribution in [0.4, 0.5) is 10.1 Å². The topological polar surface area (TPSA) is 62.1 Å². The molecule has 3 aromatic carbocycles. The van der Waals surface area contributed by atoms with E-state index in [1.165, 1.54) is 25.3 Å². The summed E-state index contributed by atoms with van der Waals surface area (Å²) in [5.41, 5.74) is 4.54. The van der Waals surface area contributed by atoms with Crippen LogP contribution in [0.3, 0.4) is 0 Å². The Morgan fingerprint density at radius 2 is 1.97 bits per heavy atom. The van der Waals surface area contributed by atoms with Gasteiger partial charge in [-0.15, -0.1) is 0 Å². The van der Waals surface area contributed by atoms with Crippen molar-refractivity contribution in [2.75, 3.05) is 12.4 Å². The van der Waals surface area contributed by atoms with E-state index in [2.05, 4.69) is 5.32 Å². The molecule has 0 unspecified atom stereocenters. The molecule has 0 radical (unpaired) electrons. The van der Waals surface area contributed by atoms with Gasteiger partial charge >= 0.3 is 0 Å². The first-order valence-corrected chi connectivity index (χ1v) is 10.3. The van der Waals surface area contributed by atoms with Crippen LogP contribution in [-0.2, 0) is 11.2 Å². The van der Waals surface area contributed by atoms with E-state index >= 15 is 0 Å². The Morgan fingerprint density at radius 1 is 1.19 bits per heavy atom. The van der Waals surface area contributed by atoms with Gasteiger partial charge in [-0.2, -0.15) is 5.26 Å². The SMILES string of the molecule is COc1cc(/C=C(\C#N)C(=O)Nc2ccc(C)cc2C)cc(Cl)c1Cc1cccc(F)c1. The van der Waals surface area contributed by atoms with Crippen molar-refractivity contribution in [1.82, 2.24) is 0 Å². The van der Waals surface area contributed by atoms with E-state index in [0.29, 0.717) is 34.0 Å². The molecular formula is C26H22ClFN2O2. The van der Waals surface area contributed by atoms with E-state index in [-0.39, 0.29) is 11.4 Å². The second-order valence-electron chi connectivity index (χ2n) is 7.43. The number of benzene rings is 3. The third-order valence-electron chi connectivity index (χ3n) is 4.97. The molecule has 0 saturated carbocycles. The van der Waals surface area contributed by atoms with Gasteiger partial charge in [0, 0.05) is 22.7 Å². The summed E-state index contributed by atoms with van der Waals surface area (Å²) in [7, 11) is 1.51. The zero-order valence-corrected chi connectivity index (χ0v) is 18.8. The molecule has 0 aliphatic rings. The van der Waals surface area contributed by atoms with E-state index in [1.54, 1.807) is 30.3 Å². The third-order valence-corrected chi connectivity index (χ3v) is 5.31. The van der Waals surface area contributed by atoms with Crippen molar-refractivity contribution >= 4 is 29.3 Å². The van der Waals surface area contributed by atoms with Crippen LogP contribution in [0.15, 0.2) is 60.2 Å². The van der Waals surface area contributed by atoms with E-state index < -0.39 is 5.91 Å². The molecular weight excluding hydrogens is 427 g/mol. The quantitative estimate of drug-likeness (QED) is 0.358. The number of carbonyl (C=O) groups is 1. The minimum atomic E-state index is -0.515. The first-order chi connectivity index (χ1) is 15.3. The van der Waals surface area contributed by atoms with E-state index in [0.717, 1.165) is 16.7 Å². The summed E-state index contributed by atoms with van der Waals surface area (Å²) in [6.45, 7) is 3.86. The molecule has 0 saturated heterocycles. The maximum Gasteiger partial charge on any atom is 0.266 e. The lowest BCUT2D eigenvalue weighted by Crippen LogP contribution is -2.14. The van der Waals surface area contributed by atoms with Crippen LogP contribution < -0.4 is 10.1 Å². The fourth-order valence-corrected chi connectivity index (χ4v) is 3.66. The Balaban J connectivity index is 1.89. The van der Waals surface area contributed by atoms with Gasteiger partial charge in [0.25, 0.3) is 5.91 Å². The number of nitriles is 1. The molecule has 0 fully saturated rings. The van der Waals surface area contributed by atoms with E-state index in [1.807, 2.05) is 32.0 Å². The molecule has 0 bridgehead atoms. The Kier molecular flexibility index (Phi) is 7.29. The molecule has 3 aromatic rings. The van der Waals surface area contributed by atoms with Crippen LogP contribution in [0.2, 0.25) is 5.02 Å². The molecule has 1 N–H and O–H groups in total. The number of aryl methyl sites for hydroxylation is 2. The zero-order valence-electron chi connectivity index (χ0n) is 18.0. The van der Waals surface area contributed by atoms with Crippen molar-refractivity contribution in [2.45, 2.75) is 20.3 Å². The average molecular weight is 449 g/mol. The molecule has 162 valence electrons. The highest BCUT2D eigenvalue weighted by Crippen LogP contribution is 2.32. The number of ether oxygens (including phenoxy) is 1. The number of nitrogens with one attached hydrogen (secondary N) is 1. The van der Waals surface area contributed by atoms with Gasteiger partial charge in [0.15, 0.2) is 0 Å². The number of amides is 1. The summed E-state index contributed by atoms with van der Waals surface area (Å²) in [6.07, 6.45) is 1.83. The fraction of sp³-hybridized carbons (Fsp3) is 0.154. The van der Waals surface area contributed by atoms with Gasteiger partial charge in [0.2, 0.25) is 0 Å². The molecule has 4 nitrogen and oxygen atoms in total. The van der Waals surface area contributed by atoms with Gasteiger partial charge < -0.3 is 10.1 Å². The predicted molar refractivity (Wildman–Crippen MR) is 125 cm³/mol. The van der Waals surface area contributed by atoms with Gasteiger partial charge in [-0.1, -0.05) is 41.4 Å². The standard InChI is InChI=1S/C26H22ClFN2O2/c1-16-7-8-24(17(2)9-16)30-26(31)20(15-29)10-19-13-23(27)22(25(14-19)32-3)12-18-5-4-6-21(28)11-18/h4-11,13-14H,12H2,1-3H3,(H,30,31)/b20-10+. The summed E-state index contributed by atoms with van der Waals surface area (Å²) in [6, 6.07) is 17.2. The number of methoxy groups -OCH3 is 1. The van der Waals surface area contributed by atoms with Crippen LogP contribution in [0, 0.1) is 31.0 Å². The smallest absolute Gasteiger partial charge is 0.266 e. The van der Waals surface area contributed by atoms with Crippen molar-refractivity contribution in [3.63, 3.8) is 0 Å². The van der Waals surface area contributed by atoms with Gasteiger partial charge in [-0.05, 0) is 66.9 Å². The maximum atomic E-state index is 13.5.